The fourth-order valence-electron chi connectivity index (χ4n) is 2.46. The molecule has 1 fully saturated rings. The molecule has 1 aromatic carbocycles. The number of nitrogens with zero attached hydrogens (tertiary/aromatic N) is 1. The first-order chi connectivity index (χ1) is 10.0. The largest absolute Gasteiger partial charge is 0.394 e. The lowest BCUT2D eigenvalue weighted by atomic mass is 9.95. The molecule has 21 heavy (non-hydrogen) atoms. The molecule has 0 spiro atoms. The third-order valence-electron chi connectivity index (χ3n) is 3.62. The van der Waals surface area contributed by atoms with Crippen molar-refractivity contribution in [3.8, 4) is 0 Å². The number of halogens is 1. The Hall–Kier alpha value is -1.58. The van der Waals surface area contributed by atoms with Crippen LogP contribution >= 0.6 is 0 Å². The van der Waals surface area contributed by atoms with Crippen LogP contribution in [0.4, 0.5) is 4.39 Å². The summed E-state index contributed by atoms with van der Waals surface area (Å²) in [7, 11) is 0. The number of aliphatic hydroxyl groups is 4. The molecule has 5 N–H and O–H groups in total. The minimum Gasteiger partial charge on any atom is -0.394 e. The number of rotatable bonds is 2. The molecule has 1 saturated heterocycles. The number of aromatic nitrogens is 2. The Balaban J connectivity index is 1.96. The summed E-state index contributed by atoms with van der Waals surface area (Å²) in [5.74, 6) is -0.251. The van der Waals surface area contributed by atoms with Gasteiger partial charge in [-0.2, -0.15) is 0 Å². The van der Waals surface area contributed by atoms with E-state index in [0.29, 0.717) is 11.0 Å². The van der Waals surface area contributed by atoms with Crippen molar-refractivity contribution in [3.63, 3.8) is 0 Å². The van der Waals surface area contributed by atoms with Crippen molar-refractivity contribution >= 4 is 11.0 Å². The lowest BCUT2D eigenvalue weighted by Gasteiger charge is -2.39. The van der Waals surface area contributed by atoms with E-state index in [0.717, 1.165) is 0 Å². The summed E-state index contributed by atoms with van der Waals surface area (Å²) in [5.41, 5.74) is 0.894. The summed E-state index contributed by atoms with van der Waals surface area (Å²) >= 11 is 0. The molecule has 2 heterocycles. The van der Waals surface area contributed by atoms with E-state index in [2.05, 4.69) is 9.97 Å². The second kappa shape index (κ2) is 5.32. The maximum Gasteiger partial charge on any atom is 0.144 e. The maximum atomic E-state index is 13.2. The highest BCUT2D eigenvalue weighted by molar-refractivity contribution is 5.75. The number of nitrogens with one attached hydrogen (secondary N) is 1. The highest BCUT2D eigenvalue weighted by Gasteiger charge is 2.45. The first-order valence-corrected chi connectivity index (χ1v) is 6.47. The van der Waals surface area contributed by atoms with E-state index in [1.165, 1.54) is 18.2 Å². The molecule has 7 nitrogen and oxygen atoms in total. The Kier molecular flexibility index (Phi) is 3.64. The lowest BCUT2D eigenvalue weighted by molar-refractivity contribution is -0.233. The molecule has 1 aliphatic heterocycles. The van der Waals surface area contributed by atoms with Crippen molar-refractivity contribution in [3.05, 3.63) is 29.8 Å². The summed E-state index contributed by atoms with van der Waals surface area (Å²) in [6.07, 6.45) is -6.41. The van der Waals surface area contributed by atoms with Crippen molar-refractivity contribution in [2.75, 3.05) is 6.61 Å². The average molecular weight is 298 g/mol. The number of H-pyrrole nitrogens is 1. The van der Waals surface area contributed by atoms with E-state index in [1.807, 2.05) is 0 Å². The third-order valence-corrected chi connectivity index (χ3v) is 3.62. The first kappa shape index (κ1) is 14.4. The number of ether oxygens (including phenoxy) is 1. The zero-order valence-electron chi connectivity index (χ0n) is 10.8. The Bertz CT molecular complexity index is 647. The predicted molar refractivity (Wildman–Crippen MR) is 68.8 cm³/mol. The number of aliphatic hydroxyl groups excluding tert-OH is 4. The van der Waals surface area contributed by atoms with Crippen LogP contribution in [-0.4, -0.2) is 61.4 Å². The van der Waals surface area contributed by atoms with E-state index in [9.17, 15) is 19.7 Å². The molecule has 3 rings (SSSR count). The second-order valence-electron chi connectivity index (χ2n) is 5.03. The molecular weight excluding hydrogens is 283 g/mol. The van der Waals surface area contributed by atoms with Gasteiger partial charge in [0.1, 0.15) is 42.2 Å². The molecule has 2 aromatic rings. The van der Waals surface area contributed by atoms with Crippen molar-refractivity contribution in [2.24, 2.45) is 0 Å². The molecule has 0 radical (unpaired) electrons. The van der Waals surface area contributed by atoms with E-state index in [4.69, 9.17) is 9.84 Å². The highest BCUT2D eigenvalue weighted by Crippen LogP contribution is 2.31. The molecule has 1 aliphatic rings. The molecule has 114 valence electrons. The lowest BCUT2D eigenvalue weighted by Crippen LogP contribution is -2.55. The Morgan fingerprint density at radius 3 is 2.67 bits per heavy atom. The predicted octanol–water partition coefficient (Wildman–Crippen LogP) is -0.783. The Morgan fingerprint density at radius 1 is 1.19 bits per heavy atom. The molecular formula is C13H15FN2O5. The SMILES string of the molecule is OC[C@H]1O[C@@H](c2nc3ccc(F)cc3[nH]2)[C@H](O)[C@@H](O)[C@@H]1O. The average Bonchev–Trinajstić information content (AvgIpc) is 2.88. The number of imidazole rings is 1. The molecule has 0 saturated carbocycles. The second-order valence-corrected chi connectivity index (χ2v) is 5.03. The van der Waals surface area contributed by atoms with Crippen molar-refractivity contribution < 1.29 is 29.6 Å². The summed E-state index contributed by atoms with van der Waals surface area (Å²) in [6.45, 7) is -0.518. The van der Waals surface area contributed by atoms with Gasteiger partial charge in [-0.15, -0.1) is 0 Å². The zero-order valence-corrected chi connectivity index (χ0v) is 10.8. The molecule has 0 bridgehead atoms. The topological polar surface area (TPSA) is 119 Å². The summed E-state index contributed by atoms with van der Waals surface area (Å²) in [6, 6.07) is 3.96. The van der Waals surface area contributed by atoms with Gasteiger partial charge < -0.3 is 30.1 Å². The maximum absolute atomic E-state index is 13.2. The van der Waals surface area contributed by atoms with Gasteiger partial charge in [0.25, 0.3) is 0 Å². The van der Waals surface area contributed by atoms with Crippen LogP contribution in [0, 0.1) is 5.82 Å². The number of aromatic amines is 1. The first-order valence-electron chi connectivity index (χ1n) is 6.47. The number of fused-ring (bicyclic) bond motifs is 1. The molecule has 8 heteroatoms. The Morgan fingerprint density at radius 2 is 1.95 bits per heavy atom. The van der Waals surface area contributed by atoms with Crippen LogP contribution in [0.25, 0.3) is 11.0 Å². The van der Waals surface area contributed by atoms with Gasteiger partial charge in [-0.25, -0.2) is 9.37 Å². The normalized spacial score (nSPS) is 33.5. The van der Waals surface area contributed by atoms with Crippen LogP contribution in [-0.2, 0) is 4.74 Å². The van der Waals surface area contributed by atoms with Gasteiger partial charge in [0.05, 0.1) is 17.6 Å². The highest BCUT2D eigenvalue weighted by atomic mass is 19.1. The quantitative estimate of drug-likeness (QED) is 0.496. The summed E-state index contributed by atoms with van der Waals surface area (Å²) in [4.78, 5) is 6.98. The zero-order chi connectivity index (χ0) is 15.1. The fraction of sp³-hybridized carbons (Fsp3) is 0.462. The van der Waals surface area contributed by atoms with Crippen LogP contribution in [0.5, 0.6) is 0 Å². The third kappa shape index (κ3) is 2.41. The van der Waals surface area contributed by atoms with Gasteiger partial charge in [0.15, 0.2) is 0 Å². The fourth-order valence-corrected chi connectivity index (χ4v) is 2.46. The number of hydrogen-bond acceptors (Lipinski definition) is 6. The van der Waals surface area contributed by atoms with Gasteiger partial charge in [0.2, 0.25) is 0 Å². The number of hydrogen-bond donors (Lipinski definition) is 5. The van der Waals surface area contributed by atoms with E-state index < -0.39 is 42.9 Å². The molecule has 0 unspecified atom stereocenters. The monoisotopic (exact) mass is 298 g/mol. The van der Waals surface area contributed by atoms with E-state index in [1.54, 1.807) is 0 Å². The van der Waals surface area contributed by atoms with Gasteiger partial charge in [0, 0.05) is 0 Å². The molecule has 1 aromatic heterocycles. The summed E-state index contributed by atoms with van der Waals surface area (Å²) < 4.78 is 18.5. The van der Waals surface area contributed by atoms with Crippen LogP contribution < -0.4 is 0 Å². The van der Waals surface area contributed by atoms with Crippen molar-refractivity contribution in [2.45, 2.75) is 30.5 Å². The summed E-state index contributed by atoms with van der Waals surface area (Å²) in [5, 5.41) is 38.6. The van der Waals surface area contributed by atoms with Crippen LogP contribution in [0.3, 0.4) is 0 Å². The molecule has 0 amide bonds. The number of benzene rings is 1. The smallest absolute Gasteiger partial charge is 0.144 e. The minimum absolute atomic E-state index is 0.188. The van der Waals surface area contributed by atoms with Gasteiger partial charge in [-0.3, -0.25) is 0 Å². The van der Waals surface area contributed by atoms with Gasteiger partial charge in [-0.1, -0.05) is 0 Å². The Labute approximate surface area is 118 Å². The van der Waals surface area contributed by atoms with Crippen LogP contribution in [0.2, 0.25) is 0 Å². The van der Waals surface area contributed by atoms with Gasteiger partial charge in [-0.05, 0) is 18.2 Å². The van der Waals surface area contributed by atoms with Crippen molar-refractivity contribution in [1.29, 1.82) is 0 Å². The van der Waals surface area contributed by atoms with E-state index >= 15 is 0 Å². The molecule has 5 atom stereocenters. The van der Waals surface area contributed by atoms with Crippen LogP contribution in [0.15, 0.2) is 18.2 Å². The standard InChI is InChI=1S/C13H15FN2O5/c14-5-1-2-6-7(3-5)16-13(15-6)12-11(20)10(19)9(18)8(4-17)21-12/h1-3,8-12,17-20H,4H2,(H,15,16)/t8-,9-,10+,11-,12-/m1/s1. The molecule has 0 aliphatic carbocycles. The van der Waals surface area contributed by atoms with E-state index in [-0.39, 0.29) is 5.82 Å². The van der Waals surface area contributed by atoms with Crippen molar-refractivity contribution in [1.82, 2.24) is 9.97 Å². The minimum atomic E-state index is -1.48. The van der Waals surface area contributed by atoms with Crippen LogP contribution in [0.1, 0.15) is 11.9 Å². The van der Waals surface area contributed by atoms with Gasteiger partial charge >= 0.3 is 0 Å².